The summed E-state index contributed by atoms with van der Waals surface area (Å²) in [7, 11) is -2.16. The lowest BCUT2D eigenvalue weighted by Gasteiger charge is -2.11. The first-order valence-electron chi connectivity index (χ1n) is 10.4. The minimum Gasteiger partial charge on any atom is -0.495 e. The average Bonchev–Trinajstić information content (AvgIpc) is 3.50. The normalized spacial score (nSPS) is 11.7. The molecule has 2 N–H and O–H groups in total. The first kappa shape index (κ1) is 22.1. The maximum atomic E-state index is 12.9. The van der Waals surface area contributed by atoms with Crippen molar-refractivity contribution < 1.29 is 22.4 Å². The van der Waals surface area contributed by atoms with Crippen LogP contribution in [0, 0.1) is 0 Å². The van der Waals surface area contributed by atoms with E-state index >= 15 is 0 Å². The van der Waals surface area contributed by atoms with Crippen molar-refractivity contribution in [2.24, 2.45) is 0 Å². The lowest BCUT2D eigenvalue weighted by Crippen LogP contribution is -2.23. The zero-order chi connectivity index (χ0) is 23.7. The summed E-state index contributed by atoms with van der Waals surface area (Å²) in [5.41, 5.74) is 2.13. The highest BCUT2D eigenvalue weighted by atomic mass is 32.2. The number of thiophene rings is 1. The van der Waals surface area contributed by atoms with Gasteiger partial charge in [-0.15, -0.1) is 11.3 Å². The van der Waals surface area contributed by atoms with Crippen molar-refractivity contribution in [1.82, 2.24) is 4.72 Å². The van der Waals surface area contributed by atoms with E-state index in [1.54, 1.807) is 6.07 Å². The van der Waals surface area contributed by atoms with Crippen LogP contribution in [0.25, 0.3) is 21.9 Å². The quantitative estimate of drug-likeness (QED) is 0.318. The number of nitrogens with one attached hydrogen (secondary N) is 2. The largest absolute Gasteiger partial charge is 0.495 e. The van der Waals surface area contributed by atoms with Crippen LogP contribution in [-0.2, 0) is 16.6 Å². The predicted octanol–water partition coefficient (Wildman–Crippen LogP) is 5.39. The van der Waals surface area contributed by atoms with Crippen molar-refractivity contribution in [2.75, 3.05) is 12.4 Å². The van der Waals surface area contributed by atoms with Gasteiger partial charge in [0, 0.05) is 33.8 Å². The fourth-order valence-corrected chi connectivity index (χ4v) is 5.40. The Morgan fingerprint density at radius 3 is 2.50 bits per heavy atom. The molecule has 2 aromatic heterocycles. The summed E-state index contributed by atoms with van der Waals surface area (Å²) in [6.07, 6.45) is 0. The van der Waals surface area contributed by atoms with Crippen LogP contribution in [0.2, 0.25) is 0 Å². The number of methoxy groups -OCH3 is 1. The second-order valence-electron chi connectivity index (χ2n) is 7.53. The third-order valence-electron chi connectivity index (χ3n) is 5.39. The van der Waals surface area contributed by atoms with E-state index in [1.807, 2.05) is 47.8 Å². The molecular weight excluding hydrogens is 472 g/mol. The summed E-state index contributed by atoms with van der Waals surface area (Å²) in [5.74, 6) is 0.0913. The minimum absolute atomic E-state index is 0.0851. The van der Waals surface area contributed by atoms with E-state index < -0.39 is 15.9 Å². The first-order chi connectivity index (χ1) is 16.4. The van der Waals surface area contributed by atoms with Crippen molar-refractivity contribution in [2.45, 2.75) is 11.4 Å². The molecule has 34 heavy (non-hydrogen) atoms. The number of rotatable bonds is 7. The Kier molecular flexibility index (Phi) is 5.82. The number of carbonyl (C=O) groups excluding carboxylic acids is 1. The number of carbonyl (C=O) groups is 1. The summed E-state index contributed by atoms with van der Waals surface area (Å²) >= 11 is 1.47. The summed E-state index contributed by atoms with van der Waals surface area (Å²) in [6.45, 7) is 0.215. The van der Waals surface area contributed by atoms with Gasteiger partial charge >= 0.3 is 0 Å². The Balaban J connectivity index is 1.36. The number of fused-ring (bicyclic) bond motifs is 3. The van der Waals surface area contributed by atoms with E-state index in [4.69, 9.17) is 9.15 Å². The molecule has 5 rings (SSSR count). The van der Waals surface area contributed by atoms with Crippen molar-refractivity contribution in [3.63, 3.8) is 0 Å². The fraction of sp³-hybridized carbons (Fsp3) is 0.0800. The molecule has 0 atom stereocenters. The monoisotopic (exact) mass is 492 g/mol. The maximum Gasteiger partial charge on any atom is 0.255 e. The van der Waals surface area contributed by atoms with E-state index in [0.717, 1.165) is 21.2 Å². The SMILES string of the molecule is COc1cc2c(cc1NC(=O)c1ccc(S(=O)(=O)NCc3cccs3)cc1)oc1ccccc12. The number of benzene rings is 3. The van der Waals surface area contributed by atoms with E-state index in [1.165, 1.54) is 42.7 Å². The van der Waals surface area contributed by atoms with Gasteiger partial charge in [0.2, 0.25) is 10.0 Å². The minimum atomic E-state index is -3.69. The number of furan rings is 1. The number of hydrogen-bond acceptors (Lipinski definition) is 6. The highest BCUT2D eigenvalue weighted by Gasteiger charge is 2.17. The van der Waals surface area contributed by atoms with Gasteiger partial charge in [0.15, 0.2) is 0 Å². The zero-order valence-corrected chi connectivity index (χ0v) is 19.7. The third kappa shape index (κ3) is 4.28. The number of ether oxygens (including phenoxy) is 1. The zero-order valence-electron chi connectivity index (χ0n) is 18.1. The molecule has 5 aromatic rings. The highest BCUT2D eigenvalue weighted by molar-refractivity contribution is 7.89. The van der Waals surface area contributed by atoms with Crippen LogP contribution in [0.1, 0.15) is 15.2 Å². The Morgan fingerprint density at radius 1 is 0.971 bits per heavy atom. The lowest BCUT2D eigenvalue weighted by atomic mass is 10.1. The average molecular weight is 493 g/mol. The molecule has 9 heteroatoms. The molecule has 0 aliphatic carbocycles. The molecule has 0 spiro atoms. The molecule has 0 unspecified atom stereocenters. The predicted molar refractivity (Wildman–Crippen MR) is 133 cm³/mol. The van der Waals surface area contributed by atoms with Crippen molar-refractivity contribution in [3.8, 4) is 5.75 Å². The molecule has 3 aromatic carbocycles. The fourth-order valence-electron chi connectivity index (χ4n) is 3.66. The van der Waals surface area contributed by atoms with Crippen LogP contribution in [0.15, 0.2) is 87.5 Å². The molecule has 1 amide bonds. The molecule has 0 bridgehead atoms. The topological polar surface area (TPSA) is 97.6 Å². The molecule has 0 fully saturated rings. The van der Waals surface area contributed by atoms with Crippen LogP contribution in [-0.4, -0.2) is 21.4 Å². The van der Waals surface area contributed by atoms with Crippen molar-refractivity contribution in [3.05, 3.63) is 88.6 Å². The standard InChI is InChI=1S/C25H20N2O5S2/c1-31-24-13-20-19-6-2-3-7-22(19)32-23(20)14-21(24)27-25(28)16-8-10-18(11-9-16)34(29,30)26-15-17-5-4-12-33-17/h2-14,26H,15H2,1H3,(H,27,28). The molecule has 0 saturated carbocycles. The number of hydrogen-bond donors (Lipinski definition) is 2. The summed E-state index contributed by atoms with van der Waals surface area (Å²) in [4.78, 5) is 13.9. The number of para-hydroxylation sites is 1. The van der Waals surface area contributed by atoms with E-state index in [2.05, 4.69) is 10.0 Å². The van der Waals surface area contributed by atoms with Crippen LogP contribution in [0.5, 0.6) is 5.75 Å². The highest BCUT2D eigenvalue weighted by Crippen LogP contribution is 2.36. The van der Waals surface area contributed by atoms with Crippen molar-refractivity contribution in [1.29, 1.82) is 0 Å². The van der Waals surface area contributed by atoms with Crippen LogP contribution < -0.4 is 14.8 Å². The van der Waals surface area contributed by atoms with Gasteiger partial charge in [-0.3, -0.25) is 4.79 Å². The number of amides is 1. The molecule has 0 radical (unpaired) electrons. The Labute approximate surface area is 200 Å². The van der Waals surface area contributed by atoms with E-state index in [9.17, 15) is 13.2 Å². The van der Waals surface area contributed by atoms with Gasteiger partial charge < -0.3 is 14.5 Å². The summed E-state index contributed by atoms with van der Waals surface area (Å²) in [6, 6.07) is 20.7. The van der Waals surface area contributed by atoms with Gasteiger partial charge in [0.25, 0.3) is 5.91 Å². The molecule has 7 nitrogen and oxygen atoms in total. The number of anilines is 1. The van der Waals surface area contributed by atoms with Gasteiger partial charge in [0.1, 0.15) is 16.9 Å². The Hall–Kier alpha value is -3.66. The van der Waals surface area contributed by atoms with Gasteiger partial charge in [-0.1, -0.05) is 24.3 Å². The number of sulfonamides is 1. The summed E-state index contributed by atoms with van der Waals surface area (Å²) < 4.78 is 39.0. The first-order valence-corrected chi connectivity index (χ1v) is 12.7. The summed E-state index contributed by atoms with van der Waals surface area (Å²) in [5, 5.41) is 6.56. The van der Waals surface area contributed by atoms with Crippen LogP contribution >= 0.6 is 11.3 Å². The van der Waals surface area contributed by atoms with Crippen molar-refractivity contribution >= 4 is 54.9 Å². The maximum absolute atomic E-state index is 12.9. The van der Waals surface area contributed by atoms with E-state index in [0.29, 0.717) is 22.6 Å². The van der Waals surface area contributed by atoms with E-state index in [-0.39, 0.29) is 11.4 Å². The lowest BCUT2D eigenvalue weighted by molar-refractivity contribution is 0.102. The molecule has 0 aliphatic heterocycles. The van der Waals surface area contributed by atoms with Gasteiger partial charge in [0.05, 0.1) is 17.7 Å². The smallest absolute Gasteiger partial charge is 0.255 e. The Morgan fingerprint density at radius 2 is 1.76 bits per heavy atom. The molecule has 0 saturated heterocycles. The third-order valence-corrected chi connectivity index (χ3v) is 7.68. The van der Waals surface area contributed by atoms with Crippen LogP contribution in [0.4, 0.5) is 5.69 Å². The molecule has 2 heterocycles. The molecule has 0 aliphatic rings. The van der Waals surface area contributed by atoms with Gasteiger partial charge in [-0.25, -0.2) is 13.1 Å². The second kappa shape index (κ2) is 8.94. The van der Waals surface area contributed by atoms with Crippen LogP contribution in [0.3, 0.4) is 0 Å². The molecular formula is C25H20N2O5S2. The molecule has 172 valence electrons. The van der Waals surface area contributed by atoms with Gasteiger partial charge in [-0.05, 0) is 47.8 Å². The Bertz CT molecular complexity index is 1590. The van der Waals surface area contributed by atoms with Gasteiger partial charge in [-0.2, -0.15) is 0 Å². The second-order valence-corrected chi connectivity index (χ2v) is 10.3.